The molecule has 0 radical (unpaired) electrons. The van der Waals surface area contributed by atoms with E-state index in [-0.39, 0.29) is 0 Å². The SMILES string of the molecule is COc1ccc(Nc2ncnc3c2c(-c2ccccc2)cn3-c2ccccc2OC)cc1. The van der Waals surface area contributed by atoms with Gasteiger partial charge in [0.05, 0.1) is 25.3 Å². The van der Waals surface area contributed by atoms with E-state index in [2.05, 4.69) is 38.2 Å². The number of benzene rings is 3. The van der Waals surface area contributed by atoms with Gasteiger partial charge in [-0.2, -0.15) is 0 Å². The first-order valence-corrected chi connectivity index (χ1v) is 10.2. The van der Waals surface area contributed by atoms with Gasteiger partial charge in [-0.15, -0.1) is 0 Å². The van der Waals surface area contributed by atoms with E-state index in [0.29, 0.717) is 0 Å². The second kappa shape index (κ2) is 8.43. The van der Waals surface area contributed by atoms with E-state index < -0.39 is 0 Å². The number of methoxy groups -OCH3 is 2. The molecule has 0 spiro atoms. The summed E-state index contributed by atoms with van der Waals surface area (Å²) < 4.78 is 12.9. The lowest BCUT2D eigenvalue weighted by atomic mass is 10.1. The molecule has 5 rings (SSSR count). The summed E-state index contributed by atoms with van der Waals surface area (Å²) in [6.45, 7) is 0. The zero-order valence-electron chi connectivity index (χ0n) is 17.8. The molecule has 6 nitrogen and oxygen atoms in total. The molecule has 0 fully saturated rings. The lowest BCUT2D eigenvalue weighted by Gasteiger charge is -2.11. The van der Waals surface area contributed by atoms with Crippen molar-refractivity contribution in [3.63, 3.8) is 0 Å². The van der Waals surface area contributed by atoms with Crippen molar-refractivity contribution in [3.05, 3.63) is 91.4 Å². The van der Waals surface area contributed by atoms with E-state index in [0.717, 1.165) is 50.9 Å². The third-order valence-electron chi connectivity index (χ3n) is 5.37. The van der Waals surface area contributed by atoms with E-state index in [1.165, 1.54) is 0 Å². The third kappa shape index (κ3) is 3.52. The minimum Gasteiger partial charge on any atom is -0.497 e. The van der Waals surface area contributed by atoms with Gasteiger partial charge < -0.3 is 14.8 Å². The number of para-hydroxylation sites is 2. The van der Waals surface area contributed by atoms with Crippen LogP contribution < -0.4 is 14.8 Å². The van der Waals surface area contributed by atoms with Crippen molar-refractivity contribution in [2.45, 2.75) is 0 Å². The fraction of sp³-hybridized carbons (Fsp3) is 0.0769. The topological polar surface area (TPSA) is 61.2 Å². The van der Waals surface area contributed by atoms with E-state index in [1.807, 2.05) is 66.7 Å². The summed E-state index contributed by atoms with van der Waals surface area (Å²) in [5.41, 5.74) is 4.73. The van der Waals surface area contributed by atoms with Crippen molar-refractivity contribution in [2.24, 2.45) is 0 Å². The molecule has 2 aromatic heterocycles. The Morgan fingerprint density at radius 2 is 1.53 bits per heavy atom. The van der Waals surface area contributed by atoms with Crippen LogP contribution >= 0.6 is 0 Å². The van der Waals surface area contributed by atoms with Gasteiger partial charge in [0.25, 0.3) is 0 Å². The number of aromatic nitrogens is 3. The van der Waals surface area contributed by atoms with E-state index in [1.54, 1.807) is 20.5 Å². The number of fused-ring (bicyclic) bond motifs is 1. The third-order valence-corrected chi connectivity index (χ3v) is 5.37. The lowest BCUT2D eigenvalue weighted by Crippen LogP contribution is -1.99. The Labute approximate surface area is 186 Å². The fourth-order valence-electron chi connectivity index (χ4n) is 3.82. The van der Waals surface area contributed by atoms with Crippen LogP contribution in [0.2, 0.25) is 0 Å². The highest BCUT2D eigenvalue weighted by Crippen LogP contribution is 2.38. The largest absolute Gasteiger partial charge is 0.497 e. The predicted octanol–water partition coefficient (Wildman–Crippen LogP) is 5.85. The van der Waals surface area contributed by atoms with Gasteiger partial charge >= 0.3 is 0 Å². The number of rotatable bonds is 6. The fourth-order valence-corrected chi connectivity index (χ4v) is 3.82. The Balaban J connectivity index is 1.73. The highest BCUT2D eigenvalue weighted by molar-refractivity contribution is 6.03. The van der Waals surface area contributed by atoms with Crippen LogP contribution in [0, 0.1) is 0 Å². The molecule has 2 heterocycles. The van der Waals surface area contributed by atoms with Crippen LogP contribution in [0.25, 0.3) is 27.8 Å². The molecule has 0 amide bonds. The van der Waals surface area contributed by atoms with Crippen molar-refractivity contribution >= 4 is 22.5 Å². The first-order valence-electron chi connectivity index (χ1n) is 10.2. The van der Waals surface area contributed by atoms with Crippen molar-refractivity contribution in [1.29, 1.82) is 0 Å². The molecule has 0 aliphatic heterocycles. The van der Waals surface area contributed by atoms with Gasteiger partial charge in [-0.05, 0) is 42.0 Å². The Morgan fingerprint density at radius 3 is 2.28 bits per heavy atom. The van der Waals surface area contributed by atoms with Crippen LogP contribution in [0.4, 0.5) is 11.5 Å². The van der Waals surface area contributed by atoms with Gasteiger partial charge in [-0.25, -0.2) is 9.97 Å². The van der Waals surface area contributed by atoms with Gasteiger partial charge in [0.2, 0.25) is 0 Å². The maximum absolute atomic E-state index is 5.62. The standard InChI is InChI=1S/C26H22N4O2/c1-31-20-14-12-19(13-15-20)29-25-24-21(18-8-4-3-5-9-18)16-30(26(24)28-17-27-25)22-10-6-7-11-23(22)32-2/h3-17H,1-2H3,(H,27,28,29). The zero-order valence-corrected chi connectivity index (χ0v) is 17.8. The van der Waals surface area contributed by atoms with E-state index >= 15 is 0 Å². The van der Waals surface area contributed by atoms with Crippen LogP contribution in [-0.2, 0) is 0 Å². The summed E-state index contributed by atoms with van der Waals surface area (Å²) in [5.74, 6) is 2.30. The van der Waals surface area contributed by atoms with Crippen molar-refractivity contribution in [3.8, 4) is 28.3 Å². The molecule has 5 aromatic rings. The number of hydrogen-bond acceptors (Lipinski definition) is 5. The van der Waals surface area contributed by atoms with Crippen LogP contribution in [0.5, 0.6) is 11.5 Å². The Kier molecular flexibility index (Phi) is 5.17. The highest BCUT2D eigenvalue weighted by Gasteiger charge is 2.19. The molecule has 0 unspecified atom stereocenters. The number of hydrogen-bond donors (Lipinski definition) is 1. The van der Waals surface area contributed by atoms with Gasteiger partial charge in [0.1, 0.15) is 23.6 Å². The molecule has 0 saturated heterocycles. The van der Waals surface area contributed by atoms with Crippen molar-refractivity contribution in [2.75, 3.05) is 19.5 Å². The molecule has 0 aliphatic carbocycles. The van der Waals surface area contributed by atoms with Crippen LogP contribution in [0.3, 0.4) is 0 Å². The Hall–Kier alpha value is -4.32. The predicted molar refractivity (Wildman–Crippen MR) is 127 cm³/mol. The van der Waals surface area contributed by atoms with Crippen LogP contribution in [0.1, 0.15) is 0 Å². The van der Waals surface area contributed by atoms with Gasteiger partial charge in [0, 0.05) is 17.4 Å². The molecule has 32 heavy (non-hydrogen) atoms. The molecule has 3 aromatic carbocycles. The van der Waals surface area contributed by atoms with Gasteiger partial charge in [-0.3, -0.25) is 4.57 Å². The summed E-state index contributed by atoms with van der Waals surface area (Å²) in [4.78, 5) is 9.23. The summed E-state index contributed by atoms with van der Waals surface area (Å²) in [7, 11) is 3.33. The first-order chi connectivity index (χ1) is 15.8. The maximum Gasteiger partial charge on any atom is 0.150 e. The molecular formula is C26H22N4O2. The number of anilines is 2. The summed E-state index contributed by atoms with van der Waals surface area (Å²) in [6, 6.07) is 25.9. The minimum absolute atomic E-state index is 0.729. The number of ether oxygens (including phenoxy) is 2. The van der Waals surface area contributed by atoms with Crippen LogP contribution in [0.15, 0.2) is 91.4 Å². The smallest absolute Gasteiger partial charge is 0.150 e. The maximum atomic E-state index is 5.62. The molecule has 0 saturated carbocycles. The van der Waals surface area contributed by atoms with Gasteiger partial charge in [-0.1, -0.05) is 42.5 Å². The lowest BCUT2D eigenvalue weighted by molar-refractivity contribution is 0.413. The Morgan fingerprint density at radius 1 is 0.781 bits per heavy atom. The number of nitrogens with one attached hydrogen (secondary N) is 1. The van der Waals surface area contributed by atoms with E-state index in [4.69, 9.17) is 9.47 Å². The first kappa shape index (κ1) is 19.6. The second-order valence-electron chi connectivity index (χ2n) is 7.23. The molecule has 0 bridgehead atoms. The molecule has 0 atom stereocenters. The van der Waals surface area contributed by atoms with Crippen molar-refractivity contribution < 1.29 is 9.47 Å². The normalized spacial score (nSPS) is 10.8. The molecule has 158 valence electrons. The quantitative estimate of drug-likeness (QED) is 0.372. The van der Waals surface area contributed by atoms with Crippen molar-refractivity contribution in [1.82, 2.24) is 14.5 Å². The summed E-state index contributed by atoms with van der Waals surface area (Å²) in [6.07, 6.45) is 3.67. The molecular weight excluding hydrogens is 400 g/mol. The summed E-state index contributed by atoms with van der Waals surface area (Å²) in [5, 5.41) is 4.38. The average molecular weight is 422 g/mol. The highest BCUT2D eigenvalue weighted by atomic mass is 16.5. The average Bonchev–Trinajstić information content (AvgIpc) is 3.25. The van der Waals surface area contributed by atoms with Crippen LogP contribution in [-0.4, -0.2) is 28.8 Å². The van der Waals surface area contributed by atoms with Gasteiger partial charge in [0.15, 0.2) is 5.65 Å². The van der Waals surface area contributed by atoms with E-state index in [9.17, 15) is 0 Å². The Bertz CT molecular complexity index is 1360. The monoisotopic (exact) mass is 422 g/mol. The molecule has 1 N–H and O–H groups in total. The second-order valence-corrected chi connectivity index (χ2v) is 7.23. The summed E-state index contributed by atoms with van der Waals surface area (Å²) >= 11 is 0. The number of nitrogens with zero attached hydrogens (tertiary/aromatic N) is 3. The zero-order chi connectivity index (χ0) is 21.9. The molecule has 0 aliphatic rings. The molecule has 6 heteroatoms. The minimum atomic E-state index is 0.729.